The maximum Gasteiger partial charge on any atom is 0.127 e. The smallest absolute Gasteiger partial charge is 0.127 e. The second-order valence-electron chi connectivity index (χ2n) is 4.47. The average Bonchev–Trinajstić information content (AvgIpc) is 2.34. The molecule has 4 heteroatoms. The van der Waals surface area contributed by atoms with Crippen LogP contribution in [-0.4, -0.2) is 17.8 Å². The first-order chi connectivity index (χ1) is 8.09. The van der Waals surface area contributed by atoms with Crippen LogP contribution in [0.1, 0.15) is 36.5 Å². The largest absolute Gasteiger partial charge is 0.386 e. The molecule has 0 amide bonds. The maximum atomic E-state index is 13.3. The Labute approximate surface area is 105 Å². The van der Waals surface area contributed by atoms with Gasteiger partial charge in [-0.2, -0.15) is 0 Å². The van der Waals surface area contributed by atoms with E-state index in [1.165, 1.54) is 6.07 Å². The van der Waals surface area contributed by atoms with E-state index in [0.29, 0.717) is 17.7 Å². The van der Waals surface area contributed by atoms with Crippen LogP contribution in [0.2, 0.25) is 5.02 Å². The predicted octanol–water partition coefficient (Wildman–Crippen LogP) is 3.39. The van der Waals surface area contributed by atoms with Gasteiger partial charge in [-0.05, 0) is 43.9 Å². The molecule has 1 aliphatic rings. The maximum absolute atomic E-state index is 13.3. The number of ether oxygens (including phenoxy) is 1. The molecule has 1 heterocycles. The van der Waals surface area contributed by atoms with Crippen LogP contribution in [0.15, 0.2) is 12.1 Å². The lowest BCUT2D eigenvalue weighted by Crippen LogP contribution is -2.26. The highest BCUT2D eigenvalue weighted by atomic mass is 35.5. The van der Waals surface area contributed by atoms with Crippen LogP contribution < -0.4 is 0 Å². The summed E-state index contributed by atoms with van der Waals surface area (Å²) in [4.78, 5) is 0. The molecule has 17 heavy (non-hydrogen) atoms. The summed E-state index contributed by atoms with van der Waals surface area (Å²) >= 11 is 5.96. The summed E-state index contributed by atoms with van der Waals surface area (Å²) in [5, 5.41) is 10.5. The summed E-state index contributed by atoms with van der Waals surface area (Å²) in [6.45, 7) is 2.32. The molecule has 1 aromatic carbocycles. The fourth-order valence-electron chi connectivity index (χ4n) is 2.12. The van der Waals surface area contributed by atoms with Gasteiger partial charge in [0.15, 0.2) is 0 Å². The van der Waals surface area contributed by atoms with Crippen molar-refractivity contribution in [3.05, 3.63) is 34.1 Å². The van der Waals surface area contributed by atoms with Crippen LogP contribution in [0.4, 0.5) is 4.39 Å². The third kappa shape index (κ3) is 2.79. The van der Waals surface area contributed by atoms with E-state index in [1.54, 1.807) is 13.0 Å². The summed E-state index contributed by atoms with van der Waals surface area (Å²) in [7, 11) is 0. The van der Waals surface area contributed by atoms with Gasteiger partial charge in [-0.15, -0.1) is 0 Å². The average molecular weight is 259 g/mol. The second-order valence-corrected chi connectivity index (χ2v) is 4.88. The van der Waals surface area contributed by atoms with Crippen LogP contribution in [0, 0.1) is 12.7 Å². The Bertz CT molecular complexity index is 403. The Kier molecular flexibility index (Phi) is 4.02. The molecule has 2 nitrogen and oxygen atoms in total. The normalized spacial score (nSPS) is 22.5. The minimum absolute atomic E-state index is 0.230. The quantitative estimate of drug-likeness (QED) is 0.881. The Morgan fingerprint density at radius 1 is 1.47 bits per heavy atom. The van der Waals surface area contributed by atoms with Gasteiger partial charge in [-0.1, -0.05) is 11.6 Å². The number of rotatable bonds is 2. The zero-order valence-electron chi connectivity index (χ0n) is 9.75. The second kappa shape index (κ2) is 5.34. The zero-order valence-corrected chi connectivity index (χ0v) is 10.5. The van der Waals surface area contributed by atoms with Crippen LogP contribution in [0.3, 0.4) is 0 Å². The van der Waals surface area contributed by atoms with Gasteiger partial charge in [0.05, 0.1) is 6.10 Å². The molecule has 1 aromatic rings. The summed E-state index contributed by atoms with van der Waals surface area (Å²) in [5.74, 6) is -0.351. The first kappa shape index (κ1) is 12.8. The van der Waals surface area contributed by atoms with Crippen molar-refractivity contribution in [3.8, 4) is 0 Å². The third-order valence-electron chi connectivity index (χ3n) is 3.16. The number of hydrogen-bond donors (Lipinski definition) is 1. The van der Waals surface area contributed by atoms with Crippen molar-refractivity contribution in [1.29, 1.82) is 0 Å². The monoisotopic (exact) mass is 258 g/mol. The van der Waals surface area contributed by atoms with Crippen molar-refractivity contribution in [3.63, 3.8) is 0 Å². The lowest BCUT2D eigenvalue weighted by molar-refractivity contribution is -0.0633. The first-order valence-electron chi connectivity index (χ1n) is 5.85. The van der Waals surface area contributed by atoms with Gasteiger partial charge in [-0.3, -0.25) is 0 Å². The number of aliphatic hydroxyl groups excluding tert-OH is 1. The molecular formula is C13H16ClFO2. The molecule has 0 radical (unpaired) electrons. The summed E-state index contributed by atoms with van der Waals surface area (Å²) in [5.41, 5.74) is 1.04. The van der Waals surface area contributed by atoms with E-state index in [1.807, 2.05) is 0 Å². The molecular weight excluding hydrogens is 243 g/mol. The van der Waals surface area contributed by atoms with E-state index in [9.17, 15) is 9.50 Å². The van der Waals surface area contributed by atoms with Crippen LogP contribution in [0.5, 0.6) is 0 Å². The minimum atomic E-state index is -0.776. The van der Waals surface area contributed by atoms with Gasteiger partial charge < -0.3 is 9.84 Å². The highest BCUT2D eigenvalue weighted by Gasteiger charge is 2.26. The van der Waals surface area contributed by atoms with E-state index in [0.717, 1.165) is 19.3 Å². The lowest BCUT2D eigenvalue weighted by Gasteiger charge is -2.28. The molecule has 94 valence electrons. The molecule has 2 rings (SSSR count). The summed E-state index contributed by atoms with van der Waals surface area (Å²) in [6, 6.07) is 2.85. The van der Waals surface area contributed by atoms with Crippen molar-refractivity contribution < 1.29 is 14.2 Å². The van der Waals surface area contributed by atoms with Crippen LogP contribution in [-0.2, 0) is 4.74 Å². The van der Waals surface area contributed by atoms with E-state index >= 15 is 0 Å². The molecule has 2 atom stereocenters. The van der Waals surface area contributed by atoms with Gasteiger partial charge in [-0.25, -0.2) is 4.39 Å². The minimum Gasteiger partial charge on any atom is -0.386 e. The van der Waals surface area contributed by atoms with Gasteiger partial charge in [0.2, 0.25) is 0 Å². The van der Waals surface area contributed by atoms with E-state index in [4.69, 9.17) is 16.3 Å². The summed E-state index contributed by atoms with van der Waals surface area (Å²) < 4.78 is 18.8. The standard InChI is InChI=1S/C13H16ClFO2/c1-8-6-9(10(14)7-11(8)15)13(16)12-4-2-3-5-17-12/h6-7,12-13,16H,2-5H2,1H3. The van der Waals surface area contributed by atoms with Gasteiger partial charge in [0.1, 0.15) is 11.9 Å². The summed E-state index contributed by atoms with van der Waals surface area (Å²) in [6.07, 6.45) is 1.88. The predicted molar refractivity (Wildman–Crippen MR) is 64.7 cm³/mol. The van der Waals surface area contributed by atoms with E-state index in [-0.39, 0.29) is 16.9 Å². The van der Waals surface area contributed by atoms with Crippen molar-refractivity contribution in [2.75, 3.05) is 6.61 Å². The SMILES string of the molecule is Cc1cc(C(O)C2CCCCO2)c(Cl)cc1F. The fraction of sp³-hybridized carbons (Fsp3) is 0.538. The molecule has 1 fully saturated rings. The van der Waals surface area contributed by atoms with Crippen molar-refractivity contribution >= 4 is 11.6 Å². The zero-order chi connectivity index (χ0) is 12.4. The Morgan fingerprint density at radius 2 is 2.24 bits per heavy atom. The van der Waals surface area contributed by atoms with Crippen LogP contribution >= 0.6 is 11.6 Å². The Hall–Kier alpha value is -0.640. The molecule has 0 aliphatic carbocycles. The molecule has 1 N–H and O–H groups in total. The van der Waals surface area contributed by atoms with E-state index in [2.05, 4.69) is 0 Å². The lowest BCUT2D eigenvalue weighted by atomic mass is 9.97. The van der Waals surface area contributed by atoms with E-state index < -0.39 is 6.10 Å². The highest BCUT2D eigenvalue weighted by Crippen LogP contribution is 2.32. The molecule has 0 spiro atoms. The number of aryl methyl sites for hydroxylation is 1. The number of hydrogen-bond acceptors (Lipinski definition) is 2. The van der Waals surface area contributed by atoms with Crippen molar-refractivity contribution in [1.82, 2.24) is 0 Å². The number of aliphatic hydroxyl groups is 1. The van der Waals surface area contributed by atoms with Gasteiger partial charge >= 0.3 is 0 Å². The molecule has 0 aromatic heterocycles. The molecule has 1 saturated heterocycles. The Morgan fingerprint density at radius 3 is 2.88 bits per heavy atom. The molecule has 0 saturated carbocycles. The third-order valence-corrected chi connectivity index (χ3v) is 3.49. The van der Waals surface area contributed by atoms with Gasteiger partial charge in [0.25, 0.3) is 0 Å². The number of benzene rings is 1. The Balaban J connectivity index is 2.23. The van der Waals surface area contributed by atoms with Crippen molar-refractivity contribution in [2.24, 2.45) is 0 Å². The van der Waals surface area contributed by atoms with Crippen molar-refractivity contribution in [2.45, 2.75) is 38.4 Å². The van der Waals surface area contributed by atoms with Crippen LogP contribution in [0.25, 0.3) is 0 Å². The number of halogens is 2. The first-order valence-corrected chi connectivity index (χ1v) is 6.22. The fourth-order valence-corrected chi connectivity index (χ4v) is 2.38. The van der Waals surface area contributed by atoms with Gasteiger partial charge in [0, 0.05) is 17.2 Å². The highest BCUT2D eigenvalue weighted by molar-refractivity contribution is 6.31. The molecule has 1 aliphatic heterocycles. The molecule has 2 unspecified atom stereocenters. The topological polar surface area (TPSA) is 29.5 Å². The molecule has 0 bridgehead atoms.